The molecule has 0 aromatic heterocycles. The molecule has 1 aromatic rings. The Kier molecular flexibility index (Phi) is 3.14. The van der Waals surface area contributed by atoms with Gasteiger partial charge in [0.1, 0.15) is 6.17 Å². The van der Waals surface area contributed by atoms with Crippen LogP contribution < -0.4 is 5.32 Å². The van der Waals surface area contributed by atoms with E-state index in [1.165, 1.54) is 5.56 Å². The number of alkyl halides is 1. The van der Waals surface area contributed by atoms with Crippen LogP contribution in [0.5, 0.6) is 0 Å². The summed E-state index contributed by atoms with van der Waals surface area (Å²) in [7, 11) is 0. The zero-order chi connectivity index (χ0) is 9.80. The summed E-state index contributed by atoms with van der Waals surface area (Å²) in [6, 6.07) is 10.6. The molecular formula is C12H16FN. The Bertz CT molecular complexity index is 273. The Balaban J connectivity index is 1.91. The number of hydrogen-bond donors (Lipinski definition) is 1. The van der Waals surface area contributed by atoms with Gasteiger partial charge in [0.05, 0.1) is 0 Å². The molecule has 2 atom stereocenters. The average Bonchev–Trinajstić information content (AvgIpc) is 2.19. The van der Waals surface area contributed by atoms with E-state index >= 15 is 0 Å². The quantitative estimate of drug-likeness (QED) is 0.760. The molecule has 2 rings (SSSR count). The van der Waals surface area contributed by atoms with Crippen LogP contribution in [0.2, 0.25) is 0 Å². The molecule has 1 fully saturated rings. The molecule has 1 saturated heterocycles. The summed E-state index contributed by atoms with van der Waals surface area (Å²) in [6.07, 6.45) is 1.67. The standard InChI is InChI=1S/C12H16FN/c13-11-6-7-14-12(9-11)8-10-4-2-1-3-5-10/h1-5,11-12,14H,6-9H2. The Morgan fingerprint density at radius 1 is 1.29 bits per heavy atom. The van der Waals surface area contributed by atoms with Gasteiger partial charge in [0, 0.05) is 6.04 Å². The fourth-order valence-electron chi connectivity index (χ4n) is 2.01. The van der Waals surface area contributed by atoms with Gasteiger partial charge < -0.3 is 5.32 Å². The first-order valence-electron chi connectivity index (χ1n) is 5.26. The summed E-state index contributed by atoms with van der Waals surface area (Å²) in [6.45, 7) is 0.818. The number of halogens is 1. The second kappa shape index (κ2) is 4.56. The van der Waals surface area contributed by atoms with Crippen molar-refractivity contribution in [1.82, 2.24) is 5.32 Å². The largest absolute Gasteiger partial charge is 0.313 e. The van der Waals surface area contributed by atoms with Gasteiger partial charge in [0.25, 0.3) is 0 Å². The number of nitrogens with one attached hydrogen (secondary N) is 1. The normalized spacial score (nSPS) is 27.5. The molecule has 1 N–H and O–H groups in total. The smallest absolute Gasteiger partial charge is 0.103 e. The summed E-state index contributed by atoms with van der Waals surface area (Å²) in [5.74, 6) is 0. The molecule has 0 bridgehead atoms. The van der Waals surface area contributed by atoms with Crippen molar-refractivity contribution in [2.75, 3.05) is 6.54 Å². The van der Waals surface area contributed by atoms with Crippen molar-refractivity contribution < 1.29 is 4.39 Å². The highest BCUT2D eigenvalue weighted by atomic mass is 19.1. The van der Waals surface area contributed by atoms with E-state index in [4.69, 9.17) is 0 Å². The number of benzene rings is 1. The lowest BCUT2D eigenvalue weighted by molar-refractivity contribution is 0.222. The van der Waals surface area contributed by atoms with E-state index in [1.54, 1.807) is 0 Å². The SMILES string of the molecule is FC1CCNC(Cc2ccccc2)C1. The van der Waals surface area contributed by atoms with Gasteiger partial charge in [0.15, 0.2) is 0 Å². The van der Waals surface area contributed by atoms with E-state index in [0.717, 1.165) is 13.0 Å². The first-order chi connectivity index (χ1) is 6.84. The van der Waals surface area contributed by atoms with Gasteiger partial charge in [-0.05, 0) is 31.4 Å². The third-order valence-corrected chi connectivity index (χ3v) is 2.76. The minimum absolute atomic E-state index is 0.321. The van der Waals surface area contributed by atoms with Gasteiger partial charge in [0.2, 0.25) is 0 Å². The molecule has 1 heterocycles. The molecule has 1 aliphatic rings. The minimum atomic E-state index is -0.607. The number of hydrogen-bond acceptors (Lipinski definition) is 1. The maximum atomic E-state index is 13.1. The molecule has 2 heteroatoms. The van der Waals surface area contributed by atoms with Gasteiger partial charge in [-0.15, -0.1) is 0 Å². The molecular weight excluding hydrogens is 177 g/mol. The van der Waals surface area contributed by atoms with Crippen LogP contribution in [0.1, 0.15) is 18.4 Å². The predicted octanol–water partition coefficient (Wildman–Crippen LogP) is 2.32. The molecule has 0 aliphatic carbocycles. The first kappa shape index (κ1) is 9.66. The molecule has 1 aliphatic heterocycles. The Labute approximate surface area is 84.3 Å². The van der Waals surface area contributed by atoms with E-state index in [0.29, 0.717) is 18.9 Å². The summed E-state index contributed by atoms with van der Waals surface area (Å²) in [5, 5.41) is 3.36. The van der Waals surface area contributed by atoms with Crippen molar-refractivity contribution in [1.29, 1.82) is 0 Å². The summed E-state index contributed by atoms with van der Waals surface area (Å²) in [5.41, 5.74) is 1.29. The second-order valence-corrected chi connectivity index (χ2v) is 3.96. The molecule has 0 amide bonds. The second-order valence-electron chi connectivity index (χ2n) is 3.96. The van der Waals surface area contributed by atoms with Crippen molar-refractivity contribution in [2.24, 2.45) is 0 Å². The molecule has 1 aromatic carbocycles. The molecule has 0 radical (unpaired) electrons. The third-order valence-electron chi connectivity index (χ3n) is 2.76. The summed E-state index contributed by atoms with van der Waals surface area (Å²) >= 11 is 0. The van der Waals surface area contributed by atoms with Crippen LogP contribution >= 0.6 is 0 Å². The monoisotopic (exact) mass is 193 g/mol. The minimum Gasteiger partial charge on any atom is -0.313 e. The van der Waals surface area contributed by atoms with Crippen molar-refractivity contribution in [3.8, 4) is 0 Å². The Morgan fingerprint density at radius 3 is 2.79 bits per heavy atom. The van der Waals surface area contributed by atoms with E-state index in [1.807, 2.05) is 18.2 Å². The highest BCUT2D eigenvalue weighted by Crippen LogP contribution is 2.15. The molecule has 2 unspecified atom stereocenters. The van der Waals surface area contributed by atoms with Crippen LogP contribution in [0.3, 0.4) is 0 Å². The molecule has 14 heavy (non-hydrogen) atoms. The maximum absolute atomic E-state index is 13.1. The van der Waals surface area contributed by atoms with Gasteiger partial charge in [-0.1, -0.05) is 30.3 Å². The van der Waals surface area contributed by atoms with Crippen LogP contribution in [-0.2, 0) is 6.42 Å². The highest BCUT2D eigenvalue weighted by Gasteiger charge is 2.20. The average molecular weight is 193 g/mol. The molecule has 1 nitrogen and oxygen atoms in total. The predicted molar refractivity (Wildman–Crippen MR) is 56.1 cm³/mol. The van der Waals surface area contributed by atoms with Crippen LogP contribution in [0.4, 0.5) is 4.39 Å². The van der Waals surface area contributed by atoms with E-state index < -0.39 is 6.17 Å². The van der Waals surface area contributed by atoms with Gasteiger partial charge >= 0.3 is 0 Å². The lowest BCUT2D eigenvalue weighted by Crippen LogP contribution is -2.40. The number of piperidine rings is 1. The van der Waals surface area contributed by atoms with Crippen molar-refractivity contribution in [3.05, 3.63) is 35.9 Å². The third kappa shape index (κ3) is 2.55. The topological polar surface area (TPSA) is 12.0 Å². The fraction of sp³-hybridized carbons (Fsp3) is 0.500. The first-order valence-corrected chi connectivity index (χ1v) is 5.26. The van der Waals surface area contributed by atoms with Gasteiger partial charge in [-0.25, -0.2) is 4.39 Å². The molecule has 0 spiro atoms. The van der Waals surface area contributed by atoms with E-state index in [9.17, 15) is 4.39 Å². The van der Waals surface area contributed by atoms with E-state index in [2.05, 4.69) is 17.4 Å². The van der Waals surface area contributed by atoms with Crippen LogP contribution in [0, 0.1) is 0 Å². The van der Waals surface area contributed by atoms with E-state index in [-0.39, 0.29) is 0 Å². The van der Waals surface area contributed by atoms with Crippen LogP contribution in [0.25, 0.3) is 0 Å². The zero-order valence-electron chi connectivity index (χ0n) is 8.25. The number of rotatable bonds is 2. The molecule has 0 saturated carbocycles. The zero-order valence-corrected chi connectivity index (χ0v) is 8.25. The van der Waals surface area contributed by atoms with Gasteiger partial charge in [-0.3, -0.25) is 0 Å². The van der Waals surface area contributed by atoms with Crippen molar-refractivity contribution >= 4 is 0 Å². The lowest BCUT2D eigenvalue weighted by Gasteiger charge is -2.26. The van der Waals surface area contributed by atoms with Gasteiger partial charge in [-0.2, -0.15) is 0 Å². The summed E-state index contributed by atoms with van der Waals surface area (Å²) < 4.78 is 13.1. The van der Waals surface area contributed by atoms with Crippen molar-refractivity contribution in [3.63, 3.8) is 0 Å². The Morgan fingerprint density at radius 2 is 2.07 bits per heavy atom. The fourth-order valence-corrected chi connectivity index (χ4v) is 2.01. The summed E-state index contributed by atoms with van der Waals surface area (Å²) in [4.78, 5) is 0. The van der Waals surface area contributed by atoms with Crippen molar-refractivity contribution in [2.45, 2.75) is 31.5 Å². The lowest BCUT2D eigenvalue weighted by atomic mass is 9.97. The molecule has 76 valence electrons. The maximum Gasteiger partial charge on any atom is 0.103 e. The highest BCUT2D eigenvalue weighted by molar-refractivity contribution is 5.16. The van der Waals surface area contributed by atoms with Crippen LogP contribution in [-0.4, -0.2) is 18.8 Å². The van der Waals surface area contributed by atoms with Crippen LogP contribution in [0.15, 0.2) is 30.3 Å². The Hall–Kier alpha value is -0.890.